The number of methoxy groups -OCH3 is 1. The number of benzene rings is 2. The molecule has 0 bridgehead atoms. The summed E-state index contributed by atoms with van der Waals surface area (Å²) in [4.78, 5) is 20.7. The molecule has 6 nitrogen and oxygen atoms in total. The number of anilines is 3. The van der Waals surface area contributed by atoms with E-state index in [4.69, 9.17) is 4.74 Å². The van der Waals surface area contributed by atoms with E-state index in [2.05, 4.69) is 26.7 Å². The third kappa shape index (κ3) is 4.36. The van der Waals surface area contributed by atoms with Crippen LogP contribution in [0.3, 0.4) is 0 Å². The molecule has 1 amide bonds. The molecule has 1 heterocycles. The minimum absolute atomic E-state index is 0.273. The first-order valence-corrected chi connectivity index (χ1v) is 8.16. The van der Waals surface area contributed by atoms with Gasteiger partial charge >= 0.3 is 0 Å². The molecule has 0 radical (unpaired) electrons. The molecular weight excluding hydrogens is 328 g/mol. The van der Waals surface area contributed by atoms with Gasteiger partial charge in [0.15, 0.2) is 0 Å². The lowest BCUT2D eigenvalue weighted by atomic mass is 10.1. The normalized spacial score (nSPS) is 10.3. The standard InChI is InChI=1S/C20H20N4O2/c1-13-7-14(2)9-16(8-13)23-19-11-18(21-12-22-19)20(25)24-15-5-4-6-17(10-15)26-3/h4-12H,1-3H3,(H,24,25)(H,21,22,23). The van der Waals surface area contributed by atoms with E-state index in [0.717, 1.165) is 16.8 Å². The average molecular weight is 348 g/mol. The van der Waals surface area contributed by atoms with Crippen LogP contribution in [0.25, 0.3) is 0 Å². The molecule has 0 atom stereocenters. The largest absolute Gasteiger partial charge is 0.497 e. The van der Waals surface area contributed by atoms with Crippen molar-refractivity contribution >= 4 is 23.1 Å². The molecule has 0 aliphatic carbocycles. The van der Waals surface area contributed by atoms with Crippen LogP contribution in [0.1, 0.15) is 21.6 Å². The topological polar surface area (TPSA) is 76.1 Å². The maximum Gasteiger partial charge on any atom is 0.274 e. The molecule has 0 aliphatic heterocycles. The highest BCUT2D eigenvalue weighted by Crippen LogP contribution is 2.20. The lowest BCUT2D eigenvalue weighted by Gasteiger charge is -2.09. The van der Waals surface area contributed by atoms with Gasteiger partial charge in [0.25, 0.3) is 5.91 Å². The number of hydrogen-bond donors (Lipinski definition) is 2. The molecular formula is C20H20N4O2. The summed E-state index contributed by atoms with van der Waals surface area (Å²) in [6, 6.07) is 14.9. The van der Waals surface area contributed by atoms with Gasteiger partial charge in [0.1, 0.15) is 23.6 Å². The summed E-state index contributed by atoms with van der Waals surface area (Å²) in [5.41, 5.74) is 4.13. The van der Waals surface area contributed by atoms with E-state index in [1.807, 2.05) is 38.1 Å². The zero-order valence-corrected chi connectivity index (χ0v) is 14.9. The third-order valence-corrected chi connectivity index (χ3v) is 3.72. The minimum Gasteiger partial charge on any atom is -0.497 e. The Bertz CT molecular complexity index is 920. The van der Waals surface area contributed by atoms with Crippen LogP contribution in [-0.2, 0) is 0 Å². The second-order valence-corrected chi connectivity index (χ2v) is 5.98. The predicted molar refractivity (Wildman–Crippen MR) is 102 cm³/mol. The van der Waals surface area contributed by atoms with Gasteiger partial charge in [-0.2, -0.15) is 0 Å². The lowest BCUT2D eigenvalue weighted by Crippen LogP contribution is -2.14. The van der Waals surface area contributed by atoms with Gasteiger partial charge in [0.05, 0.1) is 7.11 Å². The summed E-state index contributed by atoms with van der Waals surface area (Å²) in [6.45, 7) is 4.07. The van der Waals surface area contributed by atoms with Gasteiger partial charge in [-0.05, 0) is 49.2 Å². The van der Waals surface area contributed by atoms with E-state index in [1.54, 1.807) is 25.3 Å². The third-order valence-electron chi connectivity index (χ3n) is 3.72. The van der Waals surface area contributed by atoms with Crippen molar-refractivity contribution in [3.63, 3.8) is 0 Å². The van der Waals surface area contributed by atoms with Crippen LogP contribution < -0.4 is 15.4 Å². The van der Waals surface area contributed by atoms with Crippen molar-refractivity contribution in [1.82, 2.24) is 9.97 Å². The Labute approximate surface area is 152 Å². The van der Waals surface area contributed by atoms with Crippen LogP contribution in [0.5, 0.6) is 5.75 Å². The van der Waals surface area contributed by atoms with Gasteiger partial charge in [-0.15, -0.1) is 0 Å². The number of carbonyl (C=O) groups is 1. The quantitative estimate of drug-likeness (QED) is 0.726. The number of rotatable bonds is 5. The van der Waals surface area contributed by atoms with Gasteiger partial charge < -0.3 is 15.4 Å². The molecule has 132 valence electrons. The van der Waals surface area contributed by atoms with Gasteiger partial charge in [0, 0.05) is 23.5 Å². The van der Waals surface area contributed by atoms with E-state index in [9.17, 15) is 4.79 Å². The maximum atomic E-state index is 12.5. The summed E-state index contributed by atoms with van der Waals surface area (Å²) < 4.78 is 5.16. The molecule has 3 aromatic rings. The van der Waals surface area contributed by atoms with Crippen molar-refractivity contribution in [2.75, 3.05) is 17.7 Å². The van der Waals surface area contributed by atoms with Gasteiger partial charge in [-0.25, -0.2) is 9.97 Å². The molecule has 0 fully saturated rings. The van der Waals surface area contributed by atoms with Gasteiger partial charge in [0.2, 0.25) is 0 Å². The molecule has 3 rings (SSSR count). The fourth-order valence-corrected chi connectivity index (χ4v) is 2.64. The first-order chi connectivity index (χ1) is 12.5. The van der Waals surface area contributed by atoms with E-state index < -0.39 is 0 Å². The highest BCUT2D eigenvalue weighted by atomic mass is 16.5. The number of nitrogens with zero attached hydrogens (tertiary/aromatic N) is 2. The van der Waals surface area contributed by atoms with Gasteiger partial charge in [-0.3, -0.25) is 4.79 Å². The smallest absolute Gasteiger partial charge is 0.274 e. The molecule has 0 aliphatic rings. The zero-order valence-electron chi connectivity index (χ0n) is 14.9. The molecule has 2 aromatic carbocycles. The first kappa shape index (κ1) is 17.4. The Balaban J connectivity index is 1.76. The van der Waals surface area contributed by atoms with Crippen LogP contribution in [0, 0.1) is 13.8 Å². The Morgan fingerprint density at radius 1 is 0.962 bits per heavy atom. The number of hydrogen-bond acceptors (Lipinski definition) is 5. The number of carbonyl (C=O) groups excluding carboxylic acids is 1. The molecule has 1 aromatic heterocycles. The van der Waals surface area contributed by atoms with E-state index in [-0.39, 0.29) is 11.6 Å². The van der Waals surface area contributed by atoms with Crippen molar-refractivity contribution in [2.45, 2.75) is 13.8 Å². The van der Waals surface area contributed by atoms with Crippen molar-refractivity contribution in [1.29, 1.82) is 0 Å². The number of aromatic nitrogens is 2. The van der Waals surface area contributed by atoms with Crippen LogP contribution in [0.4, 0.5) is 17.2 Å². The Morgan fingerprint density at radius 2 is 1.73 bits per heavy atom. The average Bonchev–Trinajstić information content (AvgIpc) is 2.61. The first-order valence-electron chi connectivity index (χ1n) is 8.16. The number of ether oxygens (including phenoxy) is 1. The van der Waals surface area contributed by atoms with Crippen LogP contribution in [0.2, 0.25) is 0 Å². The molecule has 0 saturated heterocycles. The molecule has 0 unspecified atom stereocenters. The summed E-state index contributed by atoms with van der Waals surface area (Å²) in [7, 11) is 1.58. The van der Waals surface area contributed by atoms with E-state index in [0.29, 0.717) is 17.3 Å². The van der Waals surface area contributed by atoms with Crippen LogP contribution in [0.15, 0.2) is 54.9 Å². The molecule has 2 N–H and O–H groups in total. The summed E-state index contributed by atoms with van der Waals surface area (Å²) in [6.07, 6.45) is 1.37. The molecule has 0 spiro atoms. The Morgan fingerprint density at radius 3 is 2.46 bits per heavy atom. The maximum absolute atomic E-state index is 12.5. The number of amides is 1. The SMILES string of the molecule is COc1cccc(NC(=O)c2cc(Nc3cc(C)cc(C)c3)ncn2)c1. The van der Waals surface area contributed by atoms with Crippen LogP contribution in [-0.4, -0.2) is 23.0 Å². The fraction of sp³-hybridized carbons (Fsp3) is 0.150. The summed E-state index contributed by atoms with van der Waals surface area (Å²) in [5, 5.41) is 6.02. The van der Waals surface area contributed by atoms with Gasteiger partial charge in [-0.1, -0.05) is 12.1 Å². The van der Waals surface area contributed by atoms with Crippen molar-refractivity contribution in [2.24, 2.45) is 0 Å². The fourth-order valence-electron chi connectivity index (χ4n) is 2.64. The Kier molecular flexibility index (Phi) is 5.12. The molecule has 6 heteroatoms. The second kappa shape index (κ2) is 7.65. The molecule has 0 saturated carbocycles. The summed E-state index contributed by atoms with van der Waals surface area (Å²) >= 11 is 0. The van der Waals surface area contributed by atoms with E-state index >= 15 is 0 Å². The van der Waals surface area contributed by atoms with Crippen molar-refractivity contribution in [3.05, 3.63) is 71.7 Å². The zero-order chi connectivity index (χ0) is 18.5. The highest BCUT2D eigenvalue weighted by Gasteiger charge is 2.10. The van der Waals surface area contributed by atoms with Crippen molar-refractivity contribution < 1.29 is 9.53 Å². The molecule has 26 heavy (non-hydrogen) atoms. The minimum atomic E-state index is -0.316. The van der Waals surface area contributed by atoms with Crippen molar-refractivity contribution in [3.8, 4) is 5.75 Å². The second-order valence-electron chi connectivity index (χ2n) is 5.98. The number of nitrogens with one attached hydrogen (secondary N) is 2. The summed E-state index contributed by atoms with van der Waals surface area (Å²) in [5.74, 6) is 0.910. The van der Waals surface area contributed by atoms with E-state index in [1.165, 1.54) is 6.33 Å². The van der Waals surface area contributed by atoms with Crippen LogP contribution >= 0.6 is 0 Å². The monoisotopic (exact) mass is 348 g/mol. The number of aryl methyl sites for hydroxylation is 2. The Hall–Kier alpha value is -3.41. The highest BCUT2D eigenvalue weighted by molar-refractivity contribution is 6.03. The predicted octanol–water partition coefficient (Wildman–Crippen LogP) is 4.10. The lowest BCUT2D eigenvalue weighted by molar-refractivity contribution is 0.102.